The van der Waals surface area contributed by atoms with Crippen LogP contribution in [0.3, 0.4) is 0 Å². The van der Waals surface area contributed by atoms with Crippen molar-refractivity contribution in [1.82, 2.24) is 10.2 Å². The number of rotatable bonds is 6. The maximum atomic E-state index is 13.9. The minimum atomic E-state index is -0.886. The summed E-state index contributed by atoms with van der Waals surface area (Å²) in [5.41, 5.74) is 0.183. The lowest BCUT2D eigenvalue weighted by molar-refractivity contribution is 0.0693. The van der Waals surface area contributed by atoms with Crippen LogP contribution in [-0.4, -0.2) is 57.2 Å². The van der Waals surface area contributed by atoms with Crippen LogP contribution in [0.4, 0.5) is 8.78 Å². The Kier molecular flexibility index (Phi) is 6.94. The second kappa shape index (κ2) is 9.63. The van der Waals surface area contributed by atoms with Gasteiger partial charge >= 0.3 is 0 Å². The van der Waals surface area contributed by atoms with Crippen molar-refractivity contribution in [2.75, 3.05) is 34.4 Å². The molecule has 1 aliphatic heterocycles. The molecule has 0 atom stereocenters. The Morgan fingerprint density at radius 2 is 1.58 bits per heavy atom. The van der Waals surface area contributed by atoms with E-state index in [1.807, 2.05) is 0 Å². The van der Waals surface area contributed by atoms with Gasteiger partial charge in [0.05, 0.1) is 26.9 Å². The van der Waals surface area contributed by atoms with E-state index in [0.29, 0.717) is 54.8 Å². The van der Waals surface area contributed by atoms with Gasteiger partial charge in [-0.3, -0.25) is 9.59 Å². The van der Waals surface area contributed by atoms with Gasteiger partial charge in [-0.15, -0.1) is 0 Å². The smallest absolute Gasteiger partial charge is 0.256 e. The molecular weight excluding hydrogens is 410 g/mol. The van der Waals surface area contributed by atoms with Crippen LogP contribution in [0.2, 0.25) is 0 Å². The summed E-state index contributed by atoms with van der Waals surface area (Å²) in [5, 5.41) is 2.94. The molecule has 0 saturated carbocycles. The third-order valence-corrected chi connectivity index (χ3v) is 5.21. The largest absolute Gasteiger partial charge is 0.493 e. The molecule has 7 nitrogen and oxygen atoms in total. The molecule has 2 aromatic carbocycles. The number of hydrogen-bond donors (Lipinski definition) is 1. The first-order valence-electron chi connectivity index (χ1n) is 9.73. The predicted molar refractivity (Wildman–Crippen MR) is 109 cm³/mol. The molecule has 0 aromatic heterocycles. The lowest BCUT2D eigenvalue weighted by Gasteiger charge is -2.32. The van der Waals surface area contributed by atoms with E-state index in [9.17, 15) is 18.4 Å². The second-order valence-electron chi connectivity index (χ2n) is 7.08. The van der Waals surface area contributed by atoms with E-state index >= 15 is 0 Å². The monoisotopic (exact) mass is 434 g/mol. The third kappa shape index (κ3) is 4.87. The van der Waals surface area contributed by atoms with Crippen molar-refractivity contribution in [3.05, 3.63) is 53.1 Å². The lowest BCUT2D eigenvalue weighted by atomic mass is 10.0. The fourth-order valence-electron chi connectivity index (χ4n) is 3.54. The van der Waals surface area contributed by atoms with Crippen molar-refractivity contribution < 1.29 is 32.6 Å². The zero-order chi connectivity index (χ0) is 22.5. The van der Waals surface area contributed by atoms with Crippen LogP contribution in [0.1, 0.15) is 33.6 Å². The number of piperidine rings is 1. The van der Waals surface area contributed by atoms with E-state index in [0.717, 1.165) is 12.1 Å². The number of methoxy groups -OCH3 is 3. The van der Waals surface area contributed by atoms with Gasteiger partial charge in [0.1, 0.15) is 11.6 Å². The van der Waals surface area contributed by atoms with Gasteiger partial charge < -0.3 is 24.4 Å². The fraction of sp³-hybridized carbons (Fsp3) is 0.364. The summed E-state index contributed by atoms with van der Waals surface area (Å²) in [4.78, 5) is 26.8. The second-order valence-corrected chi connectivity index (χ2v) is 7.08. The van der Waals surface area contributed by atoms with Crippen LogP contribution < -0.4 is 19.5 Å². The van der Waals surface area contributed by atoms with E-state index in [1.54, 1.807) is 12.1 Å². The Balaban J connectivity index is 1.63. The zero-order valence-electron chi connectivity index (χ0n) is 17.5. The molecule has 1 N–H and O–H groups in total. The highest BCUT2D eigenvalue weighted by atomic mass is 19.1. The molecular formula is C22H24F2N2O5. The van der Waals surface area contributed by atoms with Gasteiger partial charge in [-0.25, -0.2) is 8.78 Å². The molecule has 0 unspecified atom stereocenters. The van der Waals surface area contributed by atoms with Crippen LogP contribution in [0.15, 0.2) is 30.3 Å². The van der Waals surface area contributed by atoms with Gasteiger partial charge in [0.15, 0.2) is 11.5 Å². The molecule has 9 heteroatoms. The van der Waals surface area contributed by atoms with Crippen LogP contribution in [0, 0.1) is 11.6 Å². The first-order valence-corrected chi connectivity index (χ1v) is 9.73. The van der Waals surface area contributed by atoms with Crippen LogP contribution >= 0.6 is 0 Å². The molecule has 0 aliphatic carbocycles. The Labute approximate surface area is 178 Å². The number of nitrogens with one attached hydrogen (secondary N) is 1. The molecule has 0 spiro atoms. The summed E-state index contributed by atoms with van der Waals surface area (Å²) in [7, 11) is 4.42. The Morgan fingerprint density at radius 1 is 0.968 bits per heavy atom. The summed E-state index contributed by atoms with van der Waals surface area (Å²) in [6.45, 7) is 0.686. The van der Waals surface area contributed by atoms with Gasteiger partial charge in [-0.1, -0.05) is 0 Å². The minimum absolute atomic E-state index is 0.159. The highest BCUT2D eigenvalue weighted by Crippen LogP contribution is 2.38. The van der Waals surface area contributed by atoms with Gasteiger partial charge in [0, 0.05) is 30.8 Å². The molecule has 1 fully saturated rings. The number of nitrogens with zero attached hydrogens (tertiary/aromatic N) is 1. The summed E-state index contributed by atoms with van der Waals surface area (Å²) in [6.07, 6.45) is 1.01. The first kappa shape index (κ1) is 22.3. The van der Waals surface area contributed by atoms with Crippen molar-refractivity contribution in [3.63, 3.8) is 0 Å². The van der Waals surface area contributed by atoms with Crippen LogP contribution in [0.25, 0.3) is 0 Å². The number of ether oxygens (including phenoxy) is 3. The van der Waals surface area contributed by atoms with Crippen LogP contribution in [-0.2, 0) is 0 Å². The molecule has 31 heavy (non-hydrogen) atoms. The topological polar surface area (TPSA) is 77.1 Å². The van der Waals surface area contributed by atoms with Gasteiger partial charge in [-0.2, -0.15) is 0 Å². The summed E-state index contributed by atoms with van der Waals surface area (Å²) in [6, 6.07) is 5.86. The van der Waals surface area contributed by atoms with Gasteiger partial charge in [0.2, 0.25) is 5.75 Å². The molecule has 0 radical (unpaired) electrons. The van der Waals surface area contributed by atoms with Crippen molar-refractivity contribution in [2.45, 2.75) is 18.9 Å². The van der Waals surface area contributed by atoms with Crippen molar-refractivity contribution >= 4 is 11.8 Å². The molecule has 166 valence electrons. The standard InChI is InChI=1S/C22H24F2N2O5/c1-29-18-10-13(11-19(30-2)20(18)31-3)21(27)25-15-6-8-26(9-7-15)22(28)16-5-4-14(23)12-17(16)24/h4-5,10-12,15H,6-9H2,1-3H3,(H,25,27). The number of likely N-dealkylation sites (tertiary alicyclic amines) is 1. The van der Waals surface area contributed by atoms with Crippen molar-refractivity contribution in [3.8, 4) is 17.2 Å². The van der Waals surface area contributed by atoms with E-state index in [1.165, 1.54) is 26.2 Å². The highest BCUT2D eigenvalue weighted by molar-refractivity contribution is 5.96. The number of carbonyl (C=O) groups is 2. The lowest BCUT2D eigenvalue weighted by Crippen LogP contribution is -2.46. The first-order chi connectivity index (χ1) is 14.9. The Hall–Kier alpha value is -3.36. The molecule has 3 rings (SSSR count). The van der Waals surface area contributed by atoms with Gasteiger partial charge in [-0.05, 0) is 37.1 Å². The Bertz CT molecular complexity index is 949. The van der Waals surface area contributed by atoms with Crippen molar-refractivity contribution in [1.29, 1.82) is 0 Å². The van der Waals surface area contributed by atoms with E-state index in [4.69, 9.17) is 14.2 Å². The normalized spacial score (nSPS) is 14.2. The summed E-state index contributed by atoms with van der Waals surface area (Å²) < 4.78 is 42.8. The SMILES string of the molecule is COc1cc(C(=O)NC2CCN(C(=O)c3ccc(F)cc3F)CC2)cc(OC)c1OC. The maximum absolute atomic E-state index is 13.9. The van der Waals surface area contributed by atoms with Crippen LogP contribution in [0.5, 0.6) is 17.2 Å². The summed E-state index contributed by atoms with van der Waals surface area (Å²) >= 11 is 0. The van der Waals surface area contributed by atoms with Crippen molar-refractivity contribution in [2.24, 2.45) is 0 Å². The molecule has 0 bridgehead atoms. The molecule has 2 aromatic rings. The summed E-state index contributed by atoms with van der Waals surface area (Å²) in [5.74, 6) is -1.30. The zero-order valence-corrected chi connectivity index (χ0v) is 17.5. The quantitative estimate of drug-likeness (QED) is 0.756. The molecule has 1 heterocycles. The highest BCUT2D eigenvalue weighted by Gasteiger charge is 2.27. The molecule has 2 amide bonds. The predicted octanol–water partition coefficient (Wildman–Crippen LogP) is 3.03. The molecule has 1 saturated heterocycles. The number of benzene rings is 2. The number of amides is 2. The van der Waals surface area contributed by atoms with E-state index in [2.05, 4.69) is 5.32 Å². The fourth-order valence-corrected chi connectivity index (χ4v) is 3.54. The number of hydrogen-bond acceptors (Lipinski definition) is 5. The number of carbonyl (C=O) groups excluding carboxylic acids is 2. The van der Waals surface area contributed by atoms with E-state index in [-0.39, 0.29) is 17.5 Å². The number of halogens is 2. The van der Waals surface area contributed by atoms with E-state index < -0.39 is 17.5 Å². The molecule has 1 aliphatic rings. The maximum Gasteiger partial charge on any atom is 0.256 e. The minimum Gasteiger partial charge on any atom is -0.493 e. The third-order valence-electron chi connectivity index (χ3n) is 5.21. The average molecular weight is 434 g/mol. The Morgan fingerprint density at radius 3 is 2.10 bits per heavy atom. The van der Waals surface area contributed by atoms with Gasteiger partial charge in [0.25, 0.3) is 11.8 Å². The average Bonchev–Trinajstić information content (AvgIpc) is 2.78.